The number of rotatable bonds is 6. The van der Waals surface area contributed by atoms with Gasteiger partial charge in [0.25, 0.3) is 5.91 Å². The van der Waals surface area contributed by atoms with Gasteiger partial charge < -0.3 is 15.8 Å². The summed E-state index contributed by atoms with van der Waals surface area (Å²) in [6, 6.07) is 3.99. The molecular formula is C13H18ClN3O4. The van der Waals surface area contributed by atoms with E-state index in [4.69, 9.17) is 10.5 Å². The van der Waals surface area contributed by atoms with Crippen molar-refractivity contribution >= 4 is 24.0 Å². The molecule has 0 bridgehead atoms. The fourth-order valence-electron chi connectivity index (χ4n) is 1.97. The lowest BCUT2D eigenvalue weighted by molar-refractivity contribution is -0.385. The smallest absolute Gasteiger partial charge is 0.310 e. The van der Waals surface area contributed by atoms with Gasteiger partial charge >= 0.3 is 5.69 Å². The number of benzene rings is 1. The van der Waals surface area contributed by atoms with Crippen LogP contribution < -0.4 is 15.8 Å². The summed E-state index contributed by atoms with van der Waals surface area (Å²) in [7, 11) is 1.33. The van der Waals surface area contributed by atoms with Gasteiger partial charge in [-0.05, 0) is 24.8 Å². The molecule has 2 rings (SSSR count). The Kier molecular flexibility index (Phi) is 5.92. The van der Waals surface area contributed by atoms with E-state index in [1.807, 2.05) is 0 Å². The Bertz CT molecular complexity index is 534. The third kappa shape index (κ3) is 4.30. The minimum Gasteiger partial charge on any atom is -0.490 e. The first-order valence-electron chi connectivity index (χ1n) is 6.39. The number of nitro benzene ring substituents is 1. The van der Waals surface area contributed by atoms with E-state index in [1.165, 1.54) is 25.3 Å². The molecule has 21 heavy (non-hydrogen) atoms. The standard InChI is InChI=1S/C13H17N3O4.ClH/c1-20-12-6-9(4-5-11(12)16(18)19)13(17)15-7-10(14)8-2-3-8;/h4-6,8,10H,2-3,7,14H2,1H3,(H,15,17);1H. The third-order valence-corrected chi connectivity index (χ3v) is 3.36. The van der Waals surface area contributed by atoms with Crippen molar-refractivity contribution in [3.05, 3.63) is 33.9 Å². The molecule has 0 saturated heterocycles. The normalized spacial score (nSPS) is 14.8. The summed E-state index contributed by atoms with van der Waals surface area (Å²) in [6.45, 7) is 0.406. The van der Waals surface area contributed by atoms with Crippen molar-refractivity contribution in [1.29, 1.82) is 0 Å². The van der Waals surface area contributed by atoms with E-state index < -0.39 is 4.92 Å². The van der Waals surface area contributed by atoms with Crippen molar-refractivity contribution in [1.82, 2.24) is 5.32 Å². The Hall–Kier alpha value is -1.86. The molecule has 1 aromatic rings. The highest BCUT2D eigenvalue weighted by Gasteiger charge is 2.28. The Labute approximate surface area is 128 Å². The van der Waals surface area contributed by atoms with Gasteiger partial charge in [0.2, 0.25) is 0 Å². The van der Waals surface area contributed by atoms with Crippen LogP contribution in [0.2, 0.25) is 0 Å². The molecule has 3 N–H and O–H groups in total. The van der Waals surface area contributed by atoms with Crippen LogP contribution in [0, 0.1) is 16.0 Å². The maximum atomic E-state index is 11.9. The molecule has 0 aliphatic heterocycles. The first-order chi connectivity index (χ1) is 9.52. The summed E-state index contributed by atoms with van der Waals surface area (Å²) in [5, 5.41) is 13.5. The first-order valence-corrected chi connectivity index (χ1v) is 6.39. The summed E-state index contributed by atoms with van der Waals surface area (Å²) >= 11 is 0. The largest absolute Gasteiger partial charge is 0.490 e. The quantitative estimate of drug-likeness (QED) is 0.611. The van der Waals surface area contributed by atoms with E-state index in [0.717, 1.165) is 12.8 Å². The number of carbonyl (C=O) groups is 1. The highest BCUT2D eigenvalue weighted by atomic mass is 35.5. The zero-order chi connectivity index (χ0) is 14.7. The molecule has 1 unspecified atom stereocenters. The van der Waals surface area contributed by atoms with E-state index in [1.54, 1.807) is 0 Å². The molecule has 1 saturated carbocycles. The summed E-state index contributed by atoms with van der Waals surface area (Å²) in [6.07, 6.45) is 2.23. The van der Waals surface area contributed by atoms with Crippen molar-refractivity contribution in [3.8, 4) is 5.75 Å². The van der Waals surface area contributed by atoms with Crippen LogP contribution in [0.1, 0.15) is 23.2 Å². The Morgan fingerprint density at radius 2 is 2.24 bits per heavy atom. The molecule has 0 radical (unpaired) electrons. The van der Waals surface area contributed by atoms with Gasteiger partial charge in [-0.1, -0.05) is 0 Å². The number of hydrogen-bond donors (Lipinski definition) is 2. The van der Waals surface area contributed by atoms with Crippen LogP contribution in [0.3, 0.4) is 0 Å². The fraction of sp³-hybridized carbons (Fsp3) is 0.462. The number of hydrogen-bond acceptors (Lipinski definition) is 5. The summed E-state index contributed by atoms with van der Waals surface area (Å²) in [5.41, 5.74) is 6.04. The SMILES string of the molecule is COc1cc(C(=O)NCC(N)C2CC2)ccc1[N+](=O)[O-].Cl. The predicted octanol–water partition coefficient (Wildman–Crippen LogP) is 1.49. The molecule has 0 heterocycles. The zero-order valence-corrected chi connectivity index (χ0v) is 12.4. The topological polar surface area (TPSA) is 107 Å². The van der Waals surface area contributed by atoms with Gasteiger partial charge in [-0.15, -0.1) is 12.4 Å². The molecule has 0 aromatic heterocycles. The van der Waals surface area contributed by atoms with Gasteiger partial charge in [-0.3, -0.25) is 14.9 Å². The molecule has 1 fully saturated rings. The summed E-state index contributed by atoms with van der Waals surface area (Å²) in [4.78, 5) is 22.2. The van der Waals surface area contributed by atoms with Gasteiger partial charge in [0.1, 0.15) is 0 Å². The lowest BCUT2D eigenvalue weighted by Gasteiger charge is -2.12. The van der Waals surface area contributed by atoms with Crippen LogP contribution in [0.4, 0.5) is 5.69 Å². The average molecular weight is 316 g/mol. The predicted molar refractivity (Wildman–Crippen MR) is 79.9 cm³/mol. The lowest BCUT2D eigenvalue weighted by atomic mass is 10.1. The number of nitrogens with zero attached hydrogens (tertiary/aromatic N) is 1. The van der Waals surface area contributed by atoms with E-state index in [-0.39, 0.29) is 35.8 Å². The van der Waals surface area contributed by atoms with Crippen molar-refractivity contribution in [2.45, 2.75) is 18.9 Å². The number of ether oxygens (including phenoxy) is 1. The van der Waals surface area contributed by atoms with Crippen LogP contribution in [-0.2, 0) is 0 Å². The van der Waals surface area contributed by atoms with Gasteiger partial charge in [-0.25, -0.2) is 0 Å². The van der Waals surface area contributed by atoms with Crippen molar-refractivity contribution in [2.24, 2.45) is 11.7 Å². The Morgan fingerprint density at radius 3 is 2.76 bits per heavy atom. The lowest BCUT2D eigenvalue weighted by Crippen LogP contribution is -2.38. The molecular weight excluding hydrogens is 298 g/mol. The molecule has 1 aliphatic carbocycles. The monoisotopic (exact) mass is 315 g/mol. The molecule has 1 amide bonds. The van der Waals surface area contributed by atoms with Gasteiger partial charge in [0.05, 0.1) is 12.0 Å². The average Bonchev–Trinajstić information content (AvgIpc) is 3.28. The third-order valence-electron chi connectivity index (χ3n) is 3.36. The highest BCUT2D eigenvalue weighted by molar-refractivity contribution is 5.95. The van der Waals surface area contributed by atoms with E-state index in [0.29, 0.717) is 18.0 Å². The fourth-order valence-corrected chi connectivity index (χ4v) is 1.97. The number of nitrogens with two attached hydrogens (primary N) is 1. The zero-order valence-electron chi connectivity index (χ0n) is 11.6. The number of nitro groups is 1. The van der Waals surface area contributed by atoms with Crippen LogP contribution >= 0.6 is 12.4 Å². The van der Waals surface area contributed by atoms with Gasteiger partial charge in [0, 0.05) is 30.3 Å². The van der Waals surface area contributed by atoms with Gasteiger partial charge in [-0.2, -0.15) is 0 Å². The van der Waals surface area contributed by atoms with Crippen LogP contribution in [0.25, 0.3) is 0 Å². The van der Waals surface area contributed by atoms with Crippen molar-refractivity contribution < 1.29 is 14.5 Å². The molecule has 1 atom stereocenters. The van der Waals surface area contributed by atoms with Crippen molar-refractivity contribution in [2.75, 3.05) is 13.7 Å². The van der Waals surface area contributed by atoms with E-state index in [9.17, 15) is 14.9 Å². The number of halogens is 1. The first kappa shape index (κ1) is 17.2. The molecule has 1 aliphatic rings. The molecule has 116 valence electrons. The van der Waals surface area contributed by atoms with Gasteiger partial charge in [0.15, 0.2) is 5.75 Å². The van der Waals surface area contributed by atoms with Crippen molar-refractivity contribution in [3.63, 3.8) is 0 Å². The van der Waals surface area contributed by atoms with Crippen LogP contribution in [0.5, 0.6) is 5.75 Å². The highest BCUT2D eigenvalue weighted by Crippen LogP contribution is 2.31. The molecule has 7 nitrogen and oxygen atoms in total. The Morgan fingerprint density at radius 1 is 1.57 bits per heavy atom. The second kappa shape index (κ2) is 7.24. The van der Waals surface area contributed by atoms with Crippen LogP contribution in [-0.4, -0.2) is 30.5 Å². The number of carbonyl (C=O) groups excluding carboxylic acids is 1. The molecule has 8 heteroatoms. The summed E-state index contributed by atoms with van der Waals surface area (Å²) < 4.78 is 4.92. The molecule has 1 aromatic carbocycles. The number of methoxy groups -OCH3 is 1. The summed E-state index contributed by atoms with van der Waals surface area (Å²) in [5.74, 6) is 0.255. The second-order valence-corrected chi connectivity index (χ2v) is 4.86. The van der Waals surface area contributed by atoms with Crippen LogP contribution in [0.15, 0.2) is 18.2 Å². The maximum absolute atomic E-state index is 11.9. The number of nitrogens with one attached hydrogen (secondary N) is 1. The minimum atomic E-state index is -0.552. The van der Waals surface area contributed by atoms with E-state index >= 15 is 0 Å². The number of amides is 1. The minimum absolute atomic E-state index is 0. The molecule has 0 spiro atoms. The maximum Gasteiger partial charge on any atom is 0.310 e. The van der Waals surface area contributed by atoms with E-state index in [2.05, 4.69) is 5.32 Å². The second-order valence-electron chi connectivity index (χ2n) is 4.86. The Balaban J connectivity index is 0.00000220.